The second-order valence-electron chi connectivity index (χ2n) is 18.4. The van der Waals surface area contributed by atoms with Gasteiger partial charge in [0.2, 0.25) is 0 Å². The average molecular weight is 902 g/mol. The average Bonchev–Trinajstić information content (AvgIpc) is 3.45. The van der Waals surface area contributed by atoms with Crippen LogP contribution in [-0.4, -0.2) is 0 Å². The van der Waals surface area contributed by atoms with E-state index in [1.165, 1.54) is 98.7 Å². The molecule has 1 nitrogen and oxygen atoms in total. The van der Waals surface area contributed by atoms with Crippen LogP contribution in [0.5, 0.6) is 0 Å². The molecular formula is C70H47N. The van der Waals surface area contributed by atoms with Crippen molar-refractivity contribution in [3.63, 3.8) is 0 Å². The van der Waals surface area contributed by atoms with Gasteiger partial charge in [-0.2, -0.15) is 0 Å². The van der Waals surface area contributed by atoms with Crippen molar-refractivity contribution in [1.29, 1.82) is 0 Å². The Hall–Kier alpha value is -9.30. The number of nitrogens with zero attached hydrogens (tertiary/aromatic N) is 1. The van der Waals surface area contributed by atoms with Gasteiger partial charge in [0.25, 0.3) is 0 Å². The van der Waals surface area contributed by atoms with Crippen molar-refractivity contribution in [3.8, 4) is 66.8 Å². The summed E-state index contributed by atoms with van der Waals surface area (Å²) in [5.74, 6) is 0. The highest BCUT2D eigenvalue weighted by Gasteiger charge is 2.20. The van der Waals surface area contributed by atoms with Gasteiger partial charge in [0.1, 0.15) is 0 Å². The fourth-order valence-corrected chi connectivity index (χ4v) is 10.9. The summed E-state index contributed by atoms with van der Waals surface area (Å²) < 4.78 is 0. The van der Waals surface area contributed by atoms with E-state index in [1.54, 1.807) is 0 Å². The minimum atomic E-state index is 1.08. The van der Waals surface area contributed by atoms with Gasteiger partial charge in [-0.1, -0.05) is 243 Å². The van der Waals surface area contributed by atoms with Crippen molar-refractivity contribution in [3.05, 3.63) is 285 Å². The summed E-state index contributed by atoms with van der Waals surface area (Å²) in [6.07, 6.45) is 0. The third kappa shape index (κ3) is 7.71. The van der Waals surface area contributed by atoms with Gasteiger partial charge >= 0.3 is 0 Å². The van der Waals surface area contributed by atoms with Gasteiger partial charge in [0, 0.05) is 17.1 Å². The molecule has 0 saturated heterocycles. The van der Waals surface area contributed by atoms with Gasteiger partial charge in [0.15, 0.2) is 0 Å². The van der Waals surface area contributed by atoms with Crippen LogP contribution >= 0.6 is 0 Å². The normalized spacial score (nSPS) is 11.4. The van der Waals surface area contributed by atoms with E-state index in [0.29, 0.717) is 0 Å². The summed E-state index contributed by atoms with van der Waals surface area (Å²) in [6.45, 7) is 0. The minimum Gasteiger partial charge on any atom is -0.310 e. The molecule has 13 aromatic rings. The first-order valence-corrected chi connectivity index (χ1v) is 24.5. The van der Waals surface area contributed by atoms with Crippen molar-refractivity contribution >= 4 is 60.2 Å². The van der Waals surface area contributed by atoms with Crippen molar-refractivity contribution in [2.45, 2.75) is 0 Å². The van der Waals surface area contributed by atoms with Crippen LogP contribution in [0.2, 0.25) is 0 Å². The number of rotatable bonds is 9. The van der Waals surface area contributed by atoms with E-state index in [0.717, 1.165) is 28.2 Å². The Labute approximate surface area is 414 Å². The second-order valence-corrected chi connectivity index (χ2v) is 18.4. The van der Waals surface area contributed by atoms with Crippen LogP contribution in [0.3, 0.4) is 0 Å². The van der Waals surface area contributed by atoms with E-state index < -0.39 is 0 Å². The highest BCUT2D eigenvalue weighted by Crippen LogP contribution is 2.46. The monoisotopic (exact) mass is 901 g/mol. The van der Waals surface area contributed by atoms with E-state index >= 15 is 0 Å². The van der Waals surface area contributed by atoms with E-state index in [1.807, 2.05) is 0 Å². The Balaban J connectivity index is 0.941. The zero-order valence-corrected chi connectivity index (χ0v) is 39.1. The van der Waals surface area contributed by atoms with Crippen LogP contribution in [0.15, 0.2) is 285 Å². The first-order valence-electron chi connectivity index (χ1n) is 24.5. The molecule has 0 aliphatic rings. The molecule has 0 amide bonds. The van der Waals surface area contributed by atoms with E-state index in [-0.39, 0.29) is 0 Å². The molecule has 0 aliphatic heterocycles. The first kappa shape index (κ1) is 41.9. The Morgan fingerprint density at radius 3 is 1.20 bits per heavy atom. The number of benzene rings is 13. The molecule has 0 spiro atoms. The van der Waals surface area contributed by atoms with Crippen LogP contribution < -0.4 is 4.90 Å². The summed E-state index contributed by atoms with van der Waals surface area (Å²) in [7, 11) is 0. The lowest BCUT2D eigenvalue weighted by molar-refractivity contribution is 1.28. The van der Waals surface area contributed by atoms with Gasteiger partial charge in [-0.15, -0.1) is 0 Å². The summed E-state index contributed by atoms with van der Waals surface area (Å²) in [5, 5.41) is 9.98. The summed E-state index contributed by atoms with van der Waals surface area (Å²) in [6, 6.07) is 104. The molecule has 1 heteroatoms. The molecule has 0 unspecified atom stereocenters. The maximum absolute atomic E-state index is 2.42. The first-order chi connectivity index (χ1) is 35.2. The van der Waals surface area contributed by atoms with Gasteiger partial charge in [0.05, 0.1) is 0 Å². The van der Waals surface area contributed by atoms with E-state index in [2.05, 4.69) is 290 Å². The van der Waals surface area contributed by atoms with Crippen molar-refractivity contribution < 1.29 is 0 Å². The predicted molar refractivity (Wildman–Crippen MR) is 304 cm³/mol. The quantitative estimate of drug-likeness (QED) is 0.131. The molecule has 71 heavy (non-hydrogen) atoms. The molecular weight excluding hydrogens is 855 g/mol. The molecule has 0 N–H and O–H groups in total. The number of hydrogen-bond donors (Lipinski definition) is 0. The van der Waals surface area contributed by atoms with Crippen LogP contribution in [-0.2, 0) is 0 Å². The van der Waals surface area contributed by atoms with Crippen LogP contribution in [0.4, 0.5) is 17.1 Å². The standard InChI is InChI=1S/C70H47N/c1-3-19-53(20-4-1)69-67-32-12-11-31-65(67)66-44-41-56(47-68(66)70(69)54-21-5-2-6-22-54)55-25-13-27-59(45-55)71(60-28-14-26-57(46-60)64-34-16-24-51-18-8-10-30-62(51)64)58-42-39-49(40-43-58)48-35-37-52(38-36-48)63-33-15-23-50-17-7-9-29-61(50)63/h1-47H. The summed E-state index contributed by atoms with van der Waals surface area (Å²) in [5.41, 5.74) is 17.7. The lowest BCUT2D eigenvalue weighted by Crippen LogP contribution is -2.10. The fraction of sp³-hybridized carbons (Fsp3) is 0. The Bertz CT molecular complexity index is 4070. The van der Waals surface area contributed by atoms with Crippen LogP contribution in [0.25, 0.3) is 110 Å². The largest absolute Gasteiger partial charge is 0.310 e. The smallest absolute Gasteiger partial charge is 0.0467 e. The molecule has 0 aromatic heterocycles. The molecule has 0 radical (unpaired) electrons. The summed E-state index contributed by atoms with van der Waals surface area (Å²) >= 11 is 0. The third-order valence-corrected chi connectivity index (χ3v) is 14.2. The van der Waals surface area contributed by atoms with Gasteiger partial charge in [-0.25, -0.2) is 0 Å². The highest BCUT2D eigenvalue weighted by atomic mass is 15.1. The zero-order chi connectivity index (χ0) is 47.1. The van der Waals surface area contributed by atoms with Crippen molar-refractivity contribution in [1.82, 2.24) is 0 Å². The Morgan fingerprint density at radius 1 is 0.183 bits per heavy atom. The molecule has 0 saturated carbocycles. The Kier molecular flexibility index (Phi) is 10.6. The van der Waals surface area contributed by atoms with Gasteiger partial charge < -0.3 is 4.90 Å². The predicted octanol–water partition coefficient (Wildman–Crippen LogP) is 19.8. The summed E-state index contributed by atoms with van der Waals surface area (Å²) in [4.78, 5) is 2.41. The fourth-order valence-electron chi connectivity index (χ4n) is 10.9. The van der Waals surface area contributed by atoms with E-state index in [4.69, 9.17) is 0 Å². The van der Waals surface area contributed by atoms with Crippen molar-refractivity contribution in [2.75, 3.05) is 4.90 Å². The van der Waals surface area contributed by atoms with Gasteiger partial charge in [-0.3, -0.25) is 0 Å². The molecule has 0 fully saturated rings. The maximum Gasteiger partial charge on any atom is 0.0467 e. The molecule has 13 rings (SSSR count). The van der Waals surface area contributed by atoms with Crippen LogP contribution in [0.1, 0.15) is 0 Å². The van der Waals surface area contributed by atoms with Crippen molar-refractivity contribution in [2.24, 2.45) is 0 Å². The number of anilines is 3. The number of hydrogen-bond acceptors (Lipinski definition) is 1. The molecule has 0 bridgehead atoms. The molecule has 0 atom stereocenters. The zero-order valence-electron chi connectivity index (χ0n) is 39.1. The highest BCUT2D eigenvalue weighted by molar-refractivity contribution is 6.22. The SMILES string of the molecule is c1ccc(-c2c(-c3ccccc3)c3cc(-c4cccc(N(c5ccc(-c6ccc(-c7cccc8ccccc78)cc6)cc5)c5cccc(-c6cccc7ccccc67)c5)c4)ccc3c3ccccc23)cc1. The van der Waals surface area contributed by atoms with Gasteiger partial charge in [-0.05, 0) is 152 Å². The third-order valence-electron chi connectivity index (χ3n) is 14.2. The second kappa shape index (κ2) is 18.0. The molecule has 332 valence electrons. The maximum atomic E-state index is 2.42. The molecule has 0 heterocycles. The number of fused-ring (bicyclic) bond motifs is 5. The lowest BCUT2D eigenvalue weighted by atomic mass is 9.84. The minimum absolute atomic E-state index is 1.08. The Morgan fingerprint density at radius 2 is 0.577 bits per heavy atom. The molecule has 13 aromatic carbocycles. The van der Waals surface area contributed by atoms with Crippen LogP contribution in [0, 0.1) is 0 Å². The molecule has 0 aliphatic carbocycles. The topological polar surface area (TPSA) is 3.24 Å². The lowest BCUT2D eigenvalue weighted by Gasteiger charge is -2.27. The van der Waals surface area contributed by atoms with E-state index in [9.17, 15) is 0 Å².